The Kier molecular flexibility index (Phi) is 5.77. The summed E-state index contributed by atoms with van der Waals surface area (Å²) >= 11 is 0. The number of carbonyl (C=O) groups is 2. The highest BCUT2D eigenvalue weighted by molar-refractivity contribution is 6.04. The lowest BCUT2D eigenvalue weighted by molar-refractivity contribution is 0.0635. The summed E-state index contributed by atoms with van der Waals surface area (Å²) in [5.41, 5.74) is 7.71. The minimum absolute atomic E-state index is 0.212. The van der Waals surface area contributed by atoms with Gasteiger partial charge < -0.3 is 15.8 Å². The summed E-state index contributed by atoms with van der Waals surface area (Å²) in [5, 5.41) is 5.44. The van der Waals surface area contributed by atoms with E-state index in [0.717, 1.165) is 5.56 Å². The van der Waals surface area contributed by atoms with Gasteiger partial charge in [0, 0.05) is 23.5 Å². The Bertz CT molecular complexity index is 732. The van der Waals surface area contributed by atoms with Crippen molar-refractivity contribution in [2.24, 2.45) is 5.73 Å². The van der Waals surface area contributed by atoms with Crippen molar-refractivity contribution in [2.45, 2.75) is 32.9 Å². The fourth-order valence-corrected chi connectivity index (χ4v) is 2.05. The summed E-state index contributed by atoms with van der Waals surface area (Å²) in [7, 11) is 0. The molecule has 0 unspecified atom stereocenters. The van der Waals surface area contributed by atoms with Crippen LogP contribution < -0.4 is 16.4 Å². The van der Waals surface area contributed by atoms with Gasteiger partial charge in [-0.2, -0.15) is 0 Å². The molecule has 0 atom stereocenters. The first-order chi connectivity index (χ1) is 11.8. The van der Waals surface area contributed by atoms with E-state index >= 15 is 0 Å². The third-order valence-electron chi connectivity index (χ3n) is 3.24. The Morgan fingerprint density at radius 2 is 1.44 bits per heavy atom. The summed E-state index contributed by atoms with van der Waals surface area (Å²) < 4.78 is 5.18. The zero-order chi connectivity index (χ0) is 18.4. The van der Waals surface area contributed by atoms with Crippen LogP contribution in [0.3, 0.4) is 0 Å². The van der Waals surface area contributed by atoms with Crippen molar-refractivity contribution >= 4 is 23.4 Å². The second kappa shape index (κ2) is 7.81. The average Bonchev–Trinajstić information content (AvgIpc) is 2.55. The van der Waals surface area contributed by atoms with Gasteiger partial charge in [-0.1, -0.05) is 12.1 Å². The van der Waals surface area contributed by atoms with E-state index in [2.05, 4.69) is 10.6 Å². The maximum absolute atomic E-state index is 12.2. The molecule has 2 aromatic carbocycles. The fraction of sp³-hybridized carbons (Fsp3) is 0.263. The molecule has 6 nitrogen and oxygen atoms in total. The van der Waals surface area contributed by atoms with E-state index < -0.39 is 11.7 Å². The number of nitrogens with two attached hydrogens (primary N) is 1. The van der Waals surface area contributed by atoms with Gasteiger partial charge in [-0.3, -0.25) is 10.1 Å². The van der Waals surface area contributed by atoms with Crippen LogP contribution in [0, 0.1) is 0 Å². The van der Waals surface area contributed by atoms with E-state index in [1.54, 1.807) is 57.2 Å². The predicted octanol–water partition coefficient (Wildman–Crippen LogP) is 3.74. The molecule has 0 radical (unpaired) electrons. The van der Waals surface area contributed by atoms with Crippen molar-refractivity contribution in [1.29, 1.82) is 0 Å². The molecule has 6 heteroatoms. The van der Waals surface area contributed by atoms with Gasteiger partial charge in [-0.15, -0.1) is 0 Å². The van der Waals surface area contributed by atoms with Gasteiger partial charge in [-0.25, -0.2) is 4.79 Å². The van der Waals surface area contributed by atoms with Crippen LogP contribution in [0.4, 0.5) is 16.2 Å². The Labute approximate surface area is 147 Å². The molecule has 2 amide bonds. The number of anilines is 2. The van der Waals surface area contributed by atoms with E-state index in [1.165, 1.54) is 0 Å². The van der Waals surface area contributed by atoms with Crippen molar-refractivity contribution in [2.75, 3.05) is 10.6 Å². The van der Waals surface area contributed by atoms with Crippen molar-refractivity contribution in [3.63, 3.8) is 0 Å². The van der Waals surface area contributed by atoms with Gasteiger partial charge in [0.05, 0.1) is 0 Å². The minimum atomic E-state index is -0.558. The van der Waals surface area contributed by atoms with Crippen LogP contribution in [0.2, 0.25) is 0 Å². The van der Waals surface area contributed by atoms with Crippen LogP contribution in [-0.4, -0.2) is 17.6 Å². The molecule has 2 rings (SSSR count). The van der Waals surface area contributed by atoms with Gasteiger partial charge in [-0.05, 0) is 62.7 Å². The number of ether oxygens (including phenoxy) is 1. The monoisotopic (exact) mass is 341 g/mol. The van der Waals surface area contributed by atoms with E-state index in [9.17, 15) is 9.59 Å². The van der Waals surface area contributed by atoms with E-state index in [-0.39, 0.29) is 5.91 Å². The number of rotatable bonds is 4. The van der Waals surface area contributed by atoms with Gasteiger partial charge in [0.25, 0.3) is 5.91 Å². The molecule has 0 bridgehead atoms. The van der Waals surface area contributed by atoms with Crippen LogP contribution in [0.1, 0.15) is 36.7 Å². The lowest BCUT2D eigenvalue weighted by Gasteiger charge is -2.19. The zero-order valence-corrected chi connectivity index (χ0v) is 14.6. The molecule has 0 fully saturated rings. The molecule has 0 spiro atoms. The molecule has 0 saturated heterocycles. The van der Waals surface area contributed by atoms with E-state index in [0.29, 0.717) is 23.5 Å². The van der Waals surface area contributed by atoms with Gasteiger partial charge in [0.2, 0.25) is 0 Å². The summed E-state index contributed by atoms with van der Waals surface area (Å²) in [6.07, 6.45) is -0.524. The molecule has 25 heavy (non-hydrogen) atoms. The summed E-state index contributed by atoms with van der Waals surface area (Å²) in [4.78, 5) is 23.9. The summed E-state index contributed by atoms with van der Waals surface area (Å²) in [5.74, 6) is -0.212. The number of benzene rings is 2. The molecular formula is C19H23N3O3. The quantitative estimate of drug-likeness (QED) is 0.789. The van der Waals surface area contributed by atoms with Crippen molar-refractivity contribution < 1.29 is 14.3 Å². The molecule has 0 saturated carbocycles. The van der Waals surface area contributed by atoms with Crippen molar-refractivity contribution in [1.82, 2.24) is 0 Å². The standard InChI is InChI=1S/C19H23N3O3/c1-19(2,3)25-18(24)22-16-10-8-15(9-11-16)21-17(23)14-6-4-13(12-20)5-7-14/h4-11H,12,20H2,1-3H3,(H,21,23)(H,22,24). The highest BCUT2D eigenvalue weighted by Gasteiger charge is 2.16. The molecular weight excluding hydrogens is 318 g/mol. The fourth-order valence-electron chi connectivity index (χ4n) is 2.05. The van der Waals surface area contributed by atoms with Crippen molar-refractivity contribution in [3.8, 4) is 0 Å². The molecule has 4 N–H and O–H groups in total. The van der Waals surface area contributed by atoms with Crippen LogP contribution in [0.25, 0.3) is 0 Å². The third-order valence-corrected chi connectivity index (χ3v) is 3.24. The summed E-state index contributed by atoms with van der Waals surface area (Å²) in [6.45, 7) is 5.83. The predicted molar refractivity (Wildman–Crippen MR) is 98.6 cm³/mol. The normalized spacial score (nSPS) is 10.9. The Hall–Kier alpha value is -2.86. The van der Waals surface area contributed by atoms with Gasteiger partial charge >= 0.3 is 6.09 Å². The van der Waals surface area contributed by atoms with Gasteiger partial charge in [0.15, 0.2) is 0 Å². The largest absolute Gasteiger partial charge is 0.444 e. The molecule has 0 aliphatic rings. The Morgan fingerprint density at radius 1 is 0.920 bits per heavy atom. The highest BCUT2D eigenvalue weighted by Crippen LogP contribution is 2.16. The topological polar surface area (TPSA) is 93.5 Å². The number of hydrogen-bond donors (Lipinski definition) is 3. The number of carbonyl (C=O) groups excluding carboxylic acids is 2. The molecule has 0 heterocycles. The first-order valence-electron chi connectivity index (χ1n) is 7.97. The average molecular weight is 341 g/mol. The first kappa shape index (κ1) is 18.5. The molecule has 132 valence electrons. The number of amides is 2. The Morgan fingerprint density at radius 3 is 1.92 bits per heavy atom. The maximum atomic E-state index is 12.2. The second-order valence-corrected chi connectivity index (χ2v) is 6.56. The zero-order valence-electron chi connectivity index (χ0n) is 14.6. The molecule has 0 aromatic heterocycles. The number of nitrogens with one attached hydrogen (secondary N) is 2. The smallest absolute Gasteiger partial charge is 0.412 e. The first-order valence-corrected chi connectivity index (χ1v) is 7.97. The second-order valence-electron chi connectivity index (χ2n) is 6.56. The minimum Gasteiger partial charge on any atom is -0.444 e. The van der Waals surface area contributed by atoms with E-state index in [1.807, 2.05) is 12.1 Å². The molecule has 0 aliphatic heterocycles. The SMILES string of the molecule is CC(C)(C)OC(=O)Nc1ccc(NC(=O)c2ccc(CN)cc2)cc1. The Balaban J connectivity index is 1.95. The van der Waals surface area contributed by atoms with Crippen LogP contribution >= 0.6 is 0 Å². The van der Waals surface area contributed by atoms with Crippen LogP contribution in [0.15, 0.2) is 48.5 Å². The van der Waals surface area contributed by atoms with E-state index in [4.69, 9.17) is 10.5 Å². The molecule has 2 aromatic rings. The van der Waals surface area contributed by atoms with Crippen LogP contribution in [0.5, 0.6) is 0 Å². The summed E-state index contributed by atoms with van der Waals surface area (Å²) in [6, 6.07) is 13.9. The van der Waals surface area contributed by atoms with Crippen LogP contribution in [-0.2, 0) is 11.3 Å². The molecule has 0 aliphatic carbocycles. The highest BCUT2D eigenvalue weighted by atomic mass is 16.6. The lowest BCUT2D eigenvalue weighted by atomic mass is 10.1. The van der Waals surface area contributed by atoms with Gasteiger partial charge in [0.1, 0.15) is 5.60 Å². The number of hydrogen-bond acceptors (Lipinski definition) is 4. The maximum Gasteiger partial charge on any atom is 0.412 e. The van der Waals surface area contributed by atoms with Crippen molar-refractivity contribution in [3.05, 3.63) is 59.7 Å². The lowest BCUT2D eigenvalue weighted by Crippen LogP contribution is -2.27. The third kappa shape index (κ3) is 5.93.